The number of aromatic nitrogens is 3. The summed E-state index contributed by atoms with van der Waals surface area (Å²) in [7, 11) is 0. The SMILES string of the molecule is O=C(Nc1nncs1)c1cc(-c2ccc3c(c2)OCCO3)nc2ccccc12. The molecule has 2 aromatic carbocycles. The Hall–Kier alpha value is -3.52. The standard InChI is InChI=1S/C20H14N4O3S/c25-19(23-20-24-21-11-28-20)14-10-16(22-15-4-2-1-3-13(14)15)12-5-6-17-18(9-12)27-8-7-26-17/h1-6,9-11H,7-8H2,(H,23,24,25). The monoisotopic (exact) mass is 390 g/mol. The number of amides is 1. The molecule has 28 heavy (non-hydrogen) atoms. The average molecular weight is 390 g/mol. The third-order valence-corrected chi connectivity index (χ3v) is 4.99. The molecule has 2 aromatic heterocycles. The second kappa shape index (κ2) is 6.90. The molecule has 0 aliphatic carbocycles. The number of benzene rings is 2. The van der Waals surface area contributed by atoms with Crippen LogP contribution in [0.15, 0.2) is 54.0 Å². The van der Waals surface area contributed by atoms with Gasteiger partial charge in [0, 0.05) is 10.9 Å². The summed E-state index contributed by atoms with van der Waals surface area (Å²) in [6, 6.07) is 15.0. The molecule has 1 aliphatic heterocycles. The van der Waals surface area contributed by atoms with Gasteiger partial charge in [0.05, 0.1) is 16.8 Å². The summed E-state index contributed by atoms with van der Waals surface area (Å²) in [5, 5.41) is 11.6. The molecule has 8 heteroatoms. The van der Waals surface area contributed by atoms with E-state index in [0.717, 1.165) is 16.5 Å². The maximum atomic E-state index is 12.9. The minimum Gasteiger partial charge on any atom is -0.486 e. The van der Waals surface area contributed by atoms with Crippen LogP contribution in [0.3, 0.4) is 0 Å². The molecular formula is C20H14N4O3S. The number of anilines is 1. The summed E-state index contributed by atoms with van der Waals surface area (Å²) in [6.45, 7) is 1.05. The highest BCUT2D eigenvalue weighted by Gasteiger charge is 2.17. The van der Waals surface area contributed by atoms with Crippen LogP contribution in [0.25, 0.3) is 22.2 Å². The molecule has 5 rings (SSSR count). The van der Waals surface area contributed by atoms with Crippen molar-refractivity contribution in [2.24, 2.45) is 0 Å². The summed E-state index contributed by atoms with van der Waals surface area (Å²) in [5.41, 5.74) is 4.35. The van der Waals surface area contributed by atoms with Crippen LogP contribution >= 0.6 is 11.3 Å². The molecule has 0 bridgehead atoms. The number of hydrogen-bond donors (Lipinski definition) is 1. The van der Waals surface area contributed by atoms with E-state index in [-0.39, 0.29) is 5.91 Å². The third kappa shape index (κ3) is 3.03. The third-order valence-electron chi connectivity index (χ3n) is 4.38. The molecule has 138 valence electrons. The molecule has 3 heterocycles. The van der Waals surface area contributed by atoms with Gasteiger partial charge in [0.25, 0.3) is 5.91 Å². The van der Waals surface area contributed by atoms with E-state index in [1.807, 2.05) is 42.5 Å². The first kappa shape index (κ1) is 16.6. The molecule has 0 atom stereocenters. The first-order valence-electron chi connectivity index (χ1n) is 8.65. The molecule has 0 unspecified atom stereocenters. The Balaban J connectivity index is 1.61. The van der Waals surface area contributed by atoms with Crippen molar-refractivity contribution in [1.29, 1.82) is 0 Å². The Bertz CT molecular complexity index is 1180. The fourth-order valence-corrected chi connectivity index (χ4v) is 3.55. The number of para-hydroxylation sites is 1. The zero-order chi connectivity index (χ0) is 18.9. The Labute approximate surface area is 164 Å². The van der Waals surface area contributed by atoms with Crippen LogP contribution in [0, 0.1) is 0 Å². The minimum absolute atomic E-state index is 0.255. The van der Waals surface area contributed by atoms with E-state index in [9.17, 15) is 4.79 Å². The van der Waals surface area contributed by atoms with Gasteiger partial charge >= 0.3 is 0 Å². The van der Waals surface area contributed by atoms with E-state index in [1.54, 1.807) is 11.6 Å². The molecule has 1 aliphatic rings. The number of nitrogens with one attached hydrogen (secondary N) is 1. The molecule has 4 aromatic rings. The molecule has 0 fully saturated rings. The lowest BCUT2D eigenvalue weighted by atomic mass is 10.0. The van der Waals surface area contributed by atoms with E-state index in [1.165, 1.54) is 11.3 Å². The molecule has 1 N–H and O–H groups in total. The van der Waals surface area contributed by atoms with Crippen molar-refractivity contribution in [2.45, 2.75) is 0 Å². The summed E-state index contributed by atoms with van der Waals surface area (Å²) < 4.78 is 11.3. The molecule has 7 nitrogen and oxygen atoms in total. The fraction of sp³-hybridized carbons (Fsp3) is 0.100. The summed E-state index contributed by atoms with van der Waals surface area (Å²) >= 11 is 1.27. The van der Waals surface area contributed by atoms with Gasteiger partial charge in [-0.1, -0.05) is 29.5 Å². The Morgan fingerprint density at radius 2 is 1.89 bits per heavy atom. The number of carbonyl (C=O) groups is 1. The predicted octanol–water partition coefficient (Wildman–Crippen LogP) is 3.78. The van der Waals surface area contributed by atoms with Gasteiger partial charge in [0.15, 0.2) is 11.5 Å². The average Bonchev–Trinajstić information content (AvgIpc) is 3.25. The lowest BCUT2D eigenvalue weighted by Gasteiger charge is -2.19. The van der Waals surface area contributed by atoms with Crippen molar-refractivity contribution in [1.82, 2.24) is 15.2 Å². The molecule has 1 amide bonds. The van der Waals surface area contributed by atoms with Gasteiger partial charge in [-0.15, -0.1) is 10.2 Å². The largest absolute Gasteiger partial charge is 0.486 e. The number of hydrogen-bond acceptors (Lipinski definition) is 7. The smallest absolute Gasteiger partial charge is 0.258 e. The summed E-state index contributed by atoms with van der Waals surface area (Å²) in [5.74, 6) is 1.14. The van der Waals surface area contributed by atoms with Gasteiger partial charge in [-0.2, -0.15) is 0 Å². The first-order chi connectivity index (χ1) is 13.8. The van der Waals surface area contributed by atoms with Crippen molar-refractivity contribution in [3.63, 3.8) is 0 Å². The molecule has 0 saturated carbocycles. The maximum absolute atomic E-state index is 12.9. The molecule has 0 radical (unpaired) electrons. The lowest BCUT2D eigenvalue weighted by Crippen LogP contribution is -2.15. The van der Waals surface area contributed by atoms with Crippen LogP contribution in [0.2, 0.25) is 0 Å². The number of fused-ring (bicyclic) bond motifs is 2. The van der Waals surface area contributed by atoms with Crippen molar-refractivity contribution in [3.05, 3.63) is 59.6 Å². The van der Waals surface area contributed by atoms with Crippen LogP contribution in [0.5, 0.6) is 11.5 Å². The zero-order valence-electron chi connectivity index (χ0n) is 14.6. The highest BCUT2D eigenvalue weighted by atomic mass is 32.1. The number of pyridine rings is 1. The second-order valence-electron chi connectivity index (χ2n) is 6.13. The van der Waals surface area contributed by atoms with E-state index in [2.05, 4.69) is 15.5 Å². The number of rotatable bonds is 3. The molecule has 0 saturated heterocycles. The summed E-state index contributed by atoms with van der Waals surface area (Å²) in [4.78, 5) is 17.6. The van der Waals surface area contributed by atoms with Crippen LogP contribution in [0.1, 0.15) is 10.4 Å². The van der Waals surface area contributed by atoms with E-state index < -0.39 is 0 Å². The zero-order valence-corrected chi connectivity index (χ0v) is 15.4. The number of nitrogens with zero attached hydrogens (tertiary/aromatic N) is 3. The number of carbonyl (C=O) groups excluding carboxylic acids is 1. The highest BCUT2D eigenvalue weighted by molar-refractivity contribution is 7.13. The predicted molar refractivity (Wildman–Crippen MR) is 106 cm³/mol. The van der Waals surface area contributed by atoms with Crippen molar-refractivity contribution in [2.75, 3.05) is 18.5 Å². The fourth-order valence-electron chi connectivity index (χ4n) is 3.11. The Morgan fingerprint density at radius 1 is 1.04 bits per heavy atom. The van der Waals surface area contributed by atoms with Gasteiger partial charge in [-0.25, -0.2) is 4.98 Å². The van der Waals surface area contributed by atoms with Gasteiger partial charge in [0.1, 0.15) is 18.7 Å². The van der Waals surface area contributed by atoms with Crippen molar-refractivity contribution >= 4 is 33.3 Å². The van der Waals surface area contributed by atoms with E-state index >= 15 is 0 Å². The van der Waals surface area contributed by atoms with Gasteiger partial charge in [0.2, 0.25) is 5.13 Å². The minimum atomic E-state index is -0.255. The van der Waals surface area contributed by atoms with Gasteiger partial charge in [-0.3, -0.25) is 10.1 Å². The number of ether oxygens (including phenoxy) is 2. The molecule has 0 spiro atoms. The van der Waals surface area contributed by atoms with Crippen molar-refractivity contribution in [3.8, 4) is 22.8 Å². The van der Waals surface area contributed by atoms with Crippen LogP contribution in [-0.2, 0) is 0 Å². The van der Waals surface area contributed by atoms with E-state index in [0.29, 0.717) is 41.1 Å². The van der Waals surface area contributed by atoms with Gasteiger partial charge in [-0.05, 0) is 30.3 Å². The Morgan fingerprint density at radius 3 is 2.75 bits per heavy atom. The summed E-state index contributed by atoms with van der Waals surface area (Å²) in [6.07, 6.45) is 0. The second-order valence-corrected chi connectivity index (χ2v) is 6.96. The molecular weight excluding hydrogens is 376 g/mol. The van der Waals surface area contributed by atoms with Crippen LogP contribution in [-0.4, -0.2) is 34.3 Å². The topological polar surface area (TPSA) is 86.2 Å². The van der Waals surface area contributed by atoms with Crippen LogP contribution < -0.4 is 14.8 Å². The Kier molecular flexibility index (Phi) is 4.10. The highest BCUT2D eigenvalue weighted by Crippen LogP contribution is 2.35. The lowest BCUT2D eigenvalue weighted by molar-refractivity contribution is 0.102. The normalized spacial score (nSPS) is 12.7. The van der Waals surface area contributed by atoms with Crippen LogP contribution in [0.4, 0.5) is 5.13 Å². The van der Waals surface area contributed by atoms with E-state index in [4.69, 9.17) is 14.5 Å². The van der Waals surface area contributed by atoms with Gasteiger partial charge < -0.3 is 9.47 Å². The maximum Gasteiger partial charge on any atom is 0.258 e. The first-order valence-corrected chi connectivity index (χ1v) is 9.53. The van der Waals surface area contributed by atoms with Crippen molar-refractivity contribution < 1.29 is 14.3 Å². The quantitative estimate of drug-likeness (QED) is 0.573.